The molecule has 0 atom stereocenters. The Morgan fingerprint density at radius 1 is 1.19 bits per heavy atom. The summed E-state index contributed by atoms with van der Waals surface area (Å²) < 4.78 is 35.8. The maximum atomic E-state index is 12.5. The third kappa shape index (κ3) is 6.54. The summed E-state index contributed by atoms with van der Waals surface area (Å²) in [5.74, 6) is 0.0558. The van der Waals surface area contributed by atoms with Gasteiger partial charge in [0.1, 0.15) is 0 Å². The molecule has 0 aliphatic heterocycles. The van der Waals surface area contributed by atoms with Gasteiger partial charge in [-0.1, -0.05) is 13.8 Å². The number of hydrogen-bond donors (Lipinski definition) is 3. The van der Waals surface area contributed by atoms with Gasteiger partial charge in [0.2, 0.25) is 10.0 Å². The predicted octanol–water partition coefficient (Wildman–Crippen LogP) is 1.74. The summed E-state index contributed by atoms with van der Waals surface area (Å²) >= 11 is 0. The number of nitrogens with one attached hydrogen (secondary N) is 2. The van der Waals surface area contributed by atoms with E-state index in [-0.39, 0.29) is 41.1 Å². The van der Waals surface area contributed by atoms with E-state index in [0.29, 0.717) is 6.54 Å². The summed E-state index contributed by atoms with van der Waals surface area (Å²) in [6, 6.07) is 2.88. The number of nitrogens with two attached hydrogens (primary N) is 1. The average Bonchev–Trinajstić information content (AvgIpc) is 2.57. The SMILES string of the molecule is CCC(N)(CC)CNC(=O)c1cc(NS(C)(=O)=O)c(OC)c(OC)c1.Cl. The van der Waals surface area contributed by atoms with Gasteiger partial charge in [-0.05, 0) is 25.0 Å². The lowest BCUT2D eigenvalue weighted by Crippen LogP contribution is -2.49. The van der Waals surface area contributed by atoms with Gasteiger partial charge in [-0.2, -0.15) is 0 Å². The van der Waals surface area contributed by atoms with E-state index in [1.807, 2.05) is 13.8 Å². The third-order valence-electron chi connectivity index (χ3n) is 4.05. The lowest BCUT2D eigenvalue weighted by atomic mass is 9.94. The lowest BCUT2D eigenvalue weighted by molar-refractivity contribution is 0.0941. The van der Waals surface area contributed by atoms with E-state index in [2.05, 4.69) is 10.0 Å². The maximum absolute atomic E-state index is 12.5. The van der Waals surface area contributed by atoms with Crippen LogP contribution in [0.5, 0.6) is 11.5 Å². The van der Waals surface area contributed by atoms with Gasteiger partial charge < -0.3 is 20.5 Å². The molecule has 0 radical (unpaired) electrons. The van der Waals surface area contributed by atoms with Crippen LogP contribution in [0.2, 0.25) is 0 Å². The number of ether oxygens (including phenoxy) is 2. The van der Waals surface area contributed by atoms with Gasteiger partial charge in [0, 0.05) is 17.6 Å². The second-order valence-electron chi connectivity index (χ2n) is 5.89. The van der Waals surface area contributed by atoms with Crippen LogP contribution in [0.4, 0.5) is 5.69 Å². The fraction of sp³-hybridized carbons (Fsp3) is 0.562. The van der Waals surface area contributed by atoms with Crippen LogP contribution < -0.4 is 25.2 Å². The van der Waals surface area contributed by atoms with Gasteiger partial charge in [-0.15, -0.1) is 12.4 Å². The predicted molar refractivity (Wildman–Crippen MR) is 105 cm³/mol. The van der Waals surface area contributed by atoms with Gasteiger partial charge >= 0.3 is 0 Å². The molecule has 1 rings (SSSR count). The number of rotatable bonds is 9. The molecule has 0 unspecified atom stereocenters. The smallest absolute Gasteiger partial charge is 0.251 e. The molecule has 26 heavy (non-hydrogen) atoms. The largest absolute Gasteiger partial charge is 0.493 e. The fourth-order valence-electron chi connectivity index (χ4n) is 2.23. The van der Waals surface area contributed by atoms with E-state index in [9.17, 15) is 13.2 Å². The van der Waals surface area contributed by atoms with Crippen molar-refractivity contribution < 1.29 is 22.7 Å². The second kappa shape index (κ2) is 9.84. The number of methoxy groups -OCH3 is 2. The molecule has 0 spiro atoms. The number of sulfonamides is 1. The normalized spacial score (nSPS) is 11.3. The standard InChI is InChI=1S/C16H27N3O5S.ClH/c1-6-16(17,7-2)10-18-15(20)11-8-12(19-25(5,21)22)14(24-4)13(9-11)23-3;/h8-9,19H,6-7,10,17H2,1-5H3,(H,18,20);1H. The summed E-state index contributed by atoms with van der Waals surface area (Å²) in [5, 5.41) is 2.78. The molecule has 1 aromatic rings. The van der Waals surface area contributed by atoms with Crippen LogP contribution in [0.25, 0.3) is 0 Å². The molecule has 0 bridgehead atoms. The van der Waals surface area contributed by atoms with Crippen LogP contribution >= 0.6 is 12.4 Å². The monoisotopic (exact) mass is 409 g/mol. The van der Waals surface area contributed by atoms with Crippen molar-refractivity contribution in [2.24, 2.45) is 5.73 Å². The minimum Gasteiger partial charge on any atom is -0.493 e. The van der Waals surface area contributed by atoms with Crippen LogP contribution in [0.3, 0.4) is 0 Å². The highest BCUT2D eigenvalue weighted by atomic mass is 35.5. The highest BCUT2D eigenvalue weighted by Gasteiger charge is 2.23. The number of halogens is 1. The van der Waals surface area contributed by atoms with E-state index >= 15 is 0 Å². The first kappa shape index (κ1) is 24.3. The molecule has 1 aromatic carbocycles. The Kier molecular flexibility index (Phi) is 9.19. The number of amides is 1. The Labute approximate surface area is 161 Å². The first-order valence-electron chi connectivity index (χ1n) is 7.90. The van der Waals surface area contributed by atoms with Crippen molar-refractivity contribution in [3.8, 4) is 11.5 Å². The quantitative estimate of drug-likeness (QED) is 0.571. The summed E-state index contributed by atoms with van der Waals surface area (Å²) in [6.07, 6.45) is 2.45. The average molecular weight is 410 g/mol. The van der Waals surface area contributed by atoms with Gasteiger partial charge in [-0.25, -0.2) is 8.42 Å². The molecule has 1 amide bonds. The zero-order chi connectivity index (χ0) is 19.3. The lowest BCUT2D eigenvalue weighted by Gasteiger charge is -2.27. The van der Waals surface area contributed by atoms with Crippen molar-refractivity contribution in [1.82, 2.24) is 5.32 Å². The summed E-state index contributed by atoms with van der Waals surface area (Å²) in [6.45, 7) is 4.22. The molecule has 0 aliphatic carbocycles. The Bertz CT molecular complexity index is 721. The maximum Gasteiger partial charge on any atom is 0.251 e. The minimum atomic E-state index is -3.56. The van der Waals surface area contributed by atoms with Crippen molar-refractivity contribution in [3.63, 3.8) is 0 Å². The summed E-state index contributed by atoms with van der Waals surface area (Å²) in [7, 11) is -0.767. The van der Waals surface area contributed by atoms with Gasteiger partial charge in [0.15, 0.2) is 11.5 Å². The summed E-state index contributed by atoms with van der Waals surface area (Å²) in [4.78, 5) is 12.5. The van der Waals surface area contributed by atoms with Gasteiger partial charge in [0.05, 0.1) is 26.2 Å². The summed E-state index contributed by atoms with van der Waals surface area (Å²) in [5.41, 5.74) is 6.06. The number of carbonyl (C=O) groups is 1. The second-order valence-corrected chi connectivity index (χ2v) is 7.63. The van der Waals surface area contributed by atoms with Crippen LogP contribution in [0.15, 0.2) is 12.1 Å². The topological polar surface area (TPSA) is 120 Å². The van der Waals surface area contributed by atoms with E-state index in [1.165, 1.54) is 26.4 Å². The number of carbonyl (C=O) groups excluding carboxylic acids is 1. The fourth-order valence-corrected chi connectivity index (χ4v) is 2.78. The zero-order valence-corrected chi connectivity index (χ0v) is 17.3. The van der Waals surface area contributed by atoms with Gasteiger partial charge in [0.25, 0.3) is 5.91 Å². The van der Waals surface area contributed by atoms with Crippen molar-refractivity contribution >= 4 is 34.0 Å². The van der Waals surface area contributed by atoms with E-state index in [1.54, 1.807) is 0 Å². The van der Waals surface area contributed by atoms with Crippen LogP contribution in [0, 0.1) is 0 Å². The molecule has 0 heterocycles. The Morgan fingerprint density at radius 3 is 2.19 bits per heavy atom. The first-order valence-corrected chi connectivity index (χ1v) is 9.79. The molecule has 0 saturated heterocycles. The number of anilines is 1. The number of hydrogen-bond acceptors (Lipinski definition) is 6. The van der Waals surface area contributed by atoms with Gasteiger partial charge in [-0.3, -0.25) is 9.52 Å². The highest BCUT2D eigenvalue weighted by Crippen LogP contribution is 2.37. The van der Waals surface area contributed by atoms with Crippen molar-refractivity contribution in [2.45, 2.75) is 32.2 Å². The minimum absolute atomic E-state index is 0. The molecular weight excluding hydrogens is 382 g/mol. The van der Waals surface area contributed by atoms with Crippen LogP contribution in [-0.2, 0) is 10.0 Å². The van der Waals surface area contributed by atoms with E-state index in [4.69, 9.17) is 15.2 Å². The highest BCUT2D eigenvalue weighted by molar-refractivity contribution is 7.92. The first-order chi connectivity index (χ1) is 11.6. The molecule has 4 N–H and O–H groups in total. The molecule has 150 valence electrons. The third-order valence-corrected chi connectivity index (χ3v) is 4.64. The molecule has 10 heteroatoms. The van der Waals surface area contributed by atoms with Crippen molar-refractivity contribution in [3.05, 3.63) is 17.7 Å². The molecule has 0 aliphatic rings. The molecule has 0 aromatic heterocycles. The van der Waals surface area contributed by atoms with E-state index < -0.39 is 15.6 Å². The molecule has 0 fully saturated rings. The zero-order valence-electron chi connectivity index (χ0n) is 15.7. The van der Waals surface area contributed by atoms with Crippen LogP contribution in [0.1, 0.15) is 37.0 Å². The van der Waals surface area contributed by atoms with Crippen molar-refractivity contribution in [2.75, 3.05) is 31.7 Å². The number of benzene rings is 1. The Morgan fingerprint density at radius 2 is 1.77 bits per heavy atom. The van der Waals surface area contributed by atoms with Crippen molar-refractivity contribution in [1.29, 1.82) is 0 Å². The molecule has 8 nitrogen and oxygen atoms in total. The molecule has 0 saturated carbocycles. The van der Waals surface area contributed by atoms with E-state index in [0.717, 1.165) is 19.1 Å². The van der Waals surface area contributed by atoms with Crippen LogP contribution in [-0.4, -0.2) is 46.9 Å². The Balaban J connectivity index is 0.00000625. The molecular formula is C16H28ClN3O5S. The Hall–Kier alpha value is -1.71.